The maximum absolute atomic E-state index is 12.2. The van der Waals surface area contributed by atoms with Crippen LogP contribution in [0, 0.1) is 0 Å². The third kappa shape index (κ3) is 44.1. The van der Waals surface area contributed by atoms with E-state index in [1.807, 2.05) is 0 Å². The van der Waals surface area contributed by atoms with Gasteiger partial charge in [-0.3, -0.25) is 4.79 Å². The van der Waals surface area contributed by atoms with Gasteiger partial charge in [-0.2, -0.15) is 0 Å². The zero-order valence-electron chi connectivity index (χ0n) is 35.0. The summed E-state index contributed by atoms with van der Waals surface area (Å²) >= 11 is 0. The van der Waals surface area contributed by atoms with Crippen LogP contribution in [0.2, 0.25) is 0 Å². The van der Waals surface area contributed by atoms with Crippen molar-refractivity contribution in [2.75, 3.05) is 19.8 Å². The van der Waals surface area contributed by atoms with Gasteiger partial charge in [-0.1, -0.05) is 189 Å². The van der Waals surface area contributed by atoms with E-state index in [4.69, 9.17) is 9.47 Å². The Hall–Kier alpha value is -2.17. The third-order valence-corrected chi connectivity index (χ3v) is 9.52. The van der Waals surface area contributed by atoms with Gasteiger partial charge in [0.15, 0.2) is 0 Å². The van der Waals surface area contributed by atoms with Crippen LogP contribution >= 0.6 is 0 Å². The largest absolute Gasteiger partial charge is 0.457 e. The first-order valence-electron chi connectivity index (χ1n) is 22.5. The van der Waals surface area contributed by atoms with Crippen LogP contribution in [-0.4, -0.2) is 37.0 Å². The standard InChI is InChI=1S/C49H86O4/c1-3-5-7-9-11-13-15-17-19-21-22-23-24-25-26-27-29-31-33-35-37-39-41-43-45-52-47-48(46-50)53-49(51)44-42-40-38-36-34-32-30-28-20-18-16-14-12-10-8-6-4-2/h5,7,11,13,17-20,22-23,25-26,48,50H,3-4,6,8-10,12,14-16,21,24,27-47H2,1-2H3/b7-5-,13-11-,19-17-,20-18-,23-22-,26-25-. The lowest BCUT2D eigenvalue weighted by molar-refractivity contribution is -0.154. The van der Waals surface area contributed by atoms with Gasteiger partial charge >= 0.3 is 5.97 Å². The van der Waals surface area contributed by atoms with E-state index < -0.39 is 6.10 Å². The summed E-state index contributed by atoms with van der Waals surface area (Å²) in [6, 6.07) is 0. The van der Waals surface area contributed by atoms with Gasteiger partial charge in [0, 0.05) is 13.0 Å². The van der Waals surface area contributed by atoms with Crippen molar-refractivity contribution in [3.8, 4) is 0 Å². The van der Waals surface area contributed by atoms with Gasteiger partial charge in [-0.25, -0.2) is 0 Å². The number of rotatable bonds is 41. The molecule has 0 aliphatic carbocycles. The Morgan fingerprint density at radius 2 is 0.849 bits per heavy atom. The minimum atomic E-state index is -0.544. The maximum Gasteiger partial charge on any atom is 0.306 e. The second-order valence-electron chi connectivity index (χ2n) is 14.7. The molecule has 0 fully saturated rings. The van der Waals surface area contributed by atoms with Crippen molar-refractivity contribution >= 4 is 5.97 Å². The van der Waals surface area contributed by atoms with E-state index in [1.54, 1.807) is 0 Å². The fraction of sp³-hybridized carbons (Fsp3) is 0.735. The SMILES string of the molecule is CC/C=C\C/C=C\C/C=C\C/C=C\C/C=C\CCCCCCCCCCOCC(CO)OC(=O)CCCCCCCCC/C=C\CCCCCCCC. The molecule has 1 atom stereocenters. The van der Waals surface area contributed by atoms with Gasteiger partial charge in [-0.15, -0.1) is 0 Å². The third-order valence-electron chi connectivity index (χ3n) is 9.52. The van der Waals surface area contributed by atoms with Gasteiger partial charge in [0.1, 0.15) is 6.10 Å². The fourth-order valence-corrected chi connectivity index (χ4v) is 6.17. The average Bonchev–Trinajstić information content (AvgIpc) is 3.16. The molecule has 53 heavy (non-hydrogen) atoms. The molecule has 0 aliphatic heterocycles. The first kappa shape index (κ1) is 50.8. The summed E-state index contributed by atoms with van der Waals surface area (Å²) in [6.07, 6.45) is 62.5. The molecule has 0 saturated carbocycles. The van der Waals surface area contributed by atoms with Crippen LogP contribution in [0.25, 0.3) is 0 Å². The Kier molecular flexibility index (Phi) is 44.1. The van der Waals surface area contributed by atoms with E-state index in [0.717, 1.165) is 51.4 Å². The van der Waals surface area contributed by atoms with E-state index in [9.17, 15) is 9.90 Å². The number of hydrogen-bond donors (Lipinski definition) is 1. The molecule has 306 valence electrons. The number of carbonyl (C=O) groups excluding carboxylic acids is 1. The van der Waals surface area contributed by atoms with E-state index in [-0.39, 0.29) is 19.2 Å². The van der Waals surface area contributed by atoms with Gasteiger partial charge in [0.05, 0.1) is 13.2 Å². The molecule has 0 bridgehead atoms. The van der Waals surface area contributed by atoms with Gasteiger partial charge in [0.25, 0.3) is 0 Å². The summed E-state index contributed by atoms with van der Waals surface area (Å²) in [5.41, 5.74) is 0. The first-order chi connectivity index (χ1) is 26.2. The summed E-state index contributed by atoms with van der Waals surface area (Å²) in [6.45, 7) is 5.21. The van der Waals surface area contributed by atoms with Crippen LogP contribution in [0.3, 0.4) is 0 Å². The van der Waals surface area contributed by atoms with Crippen molar-refractivity contribution in [2.24, 2.45) is 0 Å². The predicted octanol–water partition coefficient (Wildman–Crippen LogP) is 15.0. The minimum Gasteiger partial charge on any atom is -0.457 e. The van der Waals surface area contributed by atoms with Crippen LogP contribution < -0.4 is 0 Å². The number of unbranched alkanes of at least 4 members (excludes halogenated alkanes) is 21. The quantitative estimate of drug-likeness (QED) is 0.0385. The van der Waals surface area contributed by atoms with Gasteiger partial charge in [-0.05, 0) is 83.5 Å². The highest BCUT2D eigenvalue weighted by molar-refractivity contribution is 5.69. The molecule has 0 rings (SSSR count). The van der Waals surface area contributed by atoms with Crippen LogP contribution in [-0.2, 0) is 14.3 Å². The summed E-state index contributed by atoms with van der Waals surface area (Å²) < 4.78 is 11.2. The first-order valence-corrected chi connectivity index (χ1v) is 22.5. The summed E-state index contributed by atoms with van der Waals surface area (Å²) in [4.78, 5) is 12.2. The number of aliphatic hydroxyl groups excluding tert-OH is 1. The van der Waals surface area contributed by atoms with Gasteiger partial charge in [0.2, 0.25) is 0 Å². The molecule has 0 aromatic rings. The second-order valence-corrected chi connectivity index (χ2v) is 14.7. The molecule has 1 unspecified atom stereocenters. The Labute approximate surface area is 329 Å². The van der Waals surface area contributed by atoms with Crippen molar-refractivity contribution in [2.45, 2.75) is 213 Å². The van der Waals surface area contributed by atoms with E-state index in [0.29, 0.717) is 13.0 Å². The minimum absolute atomic E-state index is 0.180. The fourth-order valence-electron chi connectivity index (χ4n) is 6.17. The topological polar surface area (TPSA) is 55.8 Å². The highest BCUT2D eigenvalue weighted by Crippen LogP contribution is 2.13. The van der Waals surface area contributed by atoms with E-state index >= 15 is 0 Å². The molecule has 0 radical (unpaired) electrons. The molecular weight excluding hydrogens is 653 g/mol. The number of esters is 1. The van der Waals surface area contributed by atoms with Gasteiger partial charge < -0.3 is 14.6 Å². The Bertz CT molecular complexity index is 911. The predicted molar refractivity (Wildman–Crippen MR) is 232 cm³/mol. The molecule has 0 saturated heterocycles. The smallest absolute Gasteiger partial charge is 0.306 e. The molecule has 0 aromatic carbocycles. The number of carbonyl (C=O) groups is 1. The van der Waals surface area contributed by atoms with Crippen LogP contribution in [0.5, 0.6) is 0 Å². The van der Waals surface area contributed by atoms with Crippen molar-refractivity contribution in [3.63, 3.8) is 0 Å². The Morgan fingerprint density at radius 3 is 1.30 bits per heavy atom. The molecule has 0 heterocycles. The number of allylic oxidation sites excluding steroid dienone is 12. The molecule has 1 N–H and O–H groups in total. The Morgan fingerprint density at radius 1 is 0.472 bits per heavy atom. The van der Waals surface area contributed by atoms with Crippen molar-refractivity contribution in [3.05, 3.63) is 72.9 Å². The van der Waals surface area contributed by atoms with E-state index in [1.165, 1.54) is 135 Å². The number of hydrogen-bond acceptors (Lipinski definition) is 4. The normalized spacial score (nSPS) is 13.0. The molecule has 4 heteroatoms. The summed E-state index contributed by atoms with van der Waals surface area (Å²) in [5, 5.41) is 9.62. The second kappa shape index (κ2) is 46.0. The molecule has 4 nitrogen and oxygen atoms in total. The highest BCUT2D eigenvalue weighted by atomic mass is 16.6. The van der Waals surface area contributed by atoms with Crippen molar-refractivity contribution < 1.29 is 19.4 Å². The zero-order valence-corrected chi connectivity index (χ0v) is 35.0. The Balaban J connectivity index is 3.48. The van der Waals surface area contributed by atoms with Crippen LogP contribution in [0.1, 0.15) is 206 Å². The monoisotopic (exact) mass is 739 g/mol. The lowest BCUT2D eigenvalue weighted by Gasteiger charge is -2.16. The summed E-state index contributed by atoms with van der Waals surface area (Å²) in [5.74, 6) is -0.210. The lowest BCUT2D eigenvalue weighted by Crippen LogP contribution is -2.27. The lowest BCUT2D eigenvalue weighted by atomic mass is 10.1. The number of aliphatic hydroxyl groups is 1. The van der Waals surface area contributed by atoms with Crippen molar-refractivity contribution in [1.82, 2.24) is 0 Å². The average molecular weight is 739 g/mol. The maximum atomic E-state index is 12.2. The van der Waals surface area contributed by atoms with Crippen molar-refractivity contribution in [1.29, 1.82) is 0 Å². The molecule has 0 spiro atoms. The zero-order chi connectivity index (χ0) is 38.4. The van der Waals surface area contributed by atoms with Crippen LogP contribution in [0.15, 0.2) is 72.9 Å². The summed E-state index contributed by atoms with van der Waals surface area (Å²) in [7, 11) is 0. The number of ether oxygens (including phenoxy) is 2. The van der Waals surface area contributed by atoms with Crippen LogP contribution in [0.4, 0.5) is 0 Å². The molecule has 0 aromatic heterocycles. The molecular formula is C49H86O4. The molecule has 0 amide bonds. The highest BCUT2D eigenvalue weighted by Gasteiger charge is 2.13. The van der Waals surface area contributed by atoms with E-state index in [2.05, 4.69) is 86.8 Å². The molecule has 0 aliphatic rings.